The number of rotatable bonds is 8. The van der Waals surface area contributed by atoms with Gasteiger partial charge in [0.25, 0.3) is 0 Å². The molecule has 0 radical (unpaired) electrons. The smallest absolute Gasteiger partial charge is 0.307 e. The molecular weight excluding hydrogens is 396 g/mol. The third kappa shape index (κ3) is 4.09. The number of aliphatic hydroxyl groups is 3. The number of aliphatic hydroxyl groups excluding tert-OH is 3. The Kier molecular flexibility index (Phi) is 6.83. The highest BCUT2D eigenvalue weighted by molar-refractivity contribution is 5.81. The number of hydrogen-bond acceptors (Lipinski definition) is 11. The van der Waals surface area contributed by atoms with Crippen LogP contribution in [-0.2, 0) is 20.7 Å². The number of carbonyl (C=O) groups is 1. The second kappa shape index (κ2) is 9.18. The van der Waals surface area contributed by atoms with Gasteiger partial charge in [-0.25, -0.2) is 15.0 Å². The number of aromatic nitrogens is 4. The summed E-state index contributed by atoms with van der Waals surface area (Å²) in [6.07, 6.45) is -4.32. The van der Waals surface area contributed by atoms with Gasteiger partial charge in [-0.15, -0.1) is 0 Å². The van der Waals surface area contributed by atoms with Gasteiger partial charge in [-0.3, -0.25) is 14.3 Å². The van der Waals surface area contributed by atoms with E-state index in [1.807, 2.05) is 6.92 Å². The zero-order valence-electron chi connectivity index (χ0n) is 17.2. The van der Waals surface area contributed by atoms with Gasteiger partial charge in [-0.2, -0.15) is 0 Å². The molecule has 0 spiro atoms. The molecule has 0 saturated carbocycles. The van der Waals surface area contributed by atoms with E-state index in [0.717, 1.165) is 0 Å². The standard InChI is InChI=1S/C18H28N6O6/c1-4-9-22-11-15(19)20-8-21-16(11)24(9)18-13(27)12(26)14(30-18)17(28)23(3)7-6-10(25)29-5-2/h8,12-14,17-18,26-28H,4-7H2,1-3H3,(H2,19,20,21)/t12-,13+,14-,17?,18+/m0/s1. The number of carbonyl (C=O) groups excluding carboxylic acids is 1. The SMILES string of the molecule is CCOC(=O)CCN(C)C(O)[C@H]1O[C@@H](n2c(CC)nc3c(N)ncnc32)[C@H](O)[C@@H]1O. The zero-order chi connectivity index (χ0) is 22.0. The van der Waals surface area contributed by atoms with E-state index in [1.54, 1.807) is 18.5 Å². The van der Waals surface area contributed by atoms with Crippen molar-refractivity contribution in [3.63, 3.8) is 0 Å². The van der Waals surface area contributed by atoms with Crippen LogP contribution in [-0.4, -0.2) is 90.4 Å². The highest BCUT2D eigenvalue weighted by atomic mass is 16.6. The van der Waals surface area contributed by atoms with Crippen LogP contribution in [0.2, 0.25) is 0 Å². The molecule has 2 aromatic heterocycles. The molecule has 166 valence electrons. The van der Waals surface area contributed by atoms with E-state index in [0.29, 0.717) is 23.4 Å². The molecule has 2 aromatic rings. The molecule has 5 atom stereocenters. The van der Waals surface area contributed by atoms with E-state index >= 15 is 0 Å². The van der Waals surface area contributed by atoms with E-state index in [1.165, 1.54) is 11.2 Å². The lowest BCUT2D eigenvalue weighted by Gasteiger charge is -2.29. The summed E-state index contributed by atoms with van der Waals surface area (Å²) in [5.74, 6) is 0.341. The average molecular weight is 424 g/mol. The summed E-state index contributed by atoms with van der Waals surface area (Å²) < 4.78 is 12.3. The van der Waals surface area contributed by atoms with E-state index in [9.17, 15) is 20.1 Å². The van der Waals surface area contributed by atoms with Gasteiger partial charge in [-0.1, -0.05) is 6.92 Å². The number of anilines is 1. The van der Waals surface area contributed by atoms with Crippen LogP contribution in [0.5, 0.6) is 0 Å². The summed E-state index contributed by atoms with van der Waals surface area (Å²) in [5.41, 5.74) is 6.62. The fourth-order valence-corrected chi connectivity index (χ4v) is 3.52. The molecule has 3 heterocycles. The van der Waals surface area contributed by atoms with Crippen molar-refractivity contribution in [3.05, 3.63) is 12.2 Å². The summed E-state index contributed by atoms with van der Waals surface area (Å²) >= 11 is 0. The molecule has 0 amide bonds. The third-order valence-electron chi connectivity index (χ3n) is 5.14. The number of hydrogen-bond donors (Lipinski definition) is 4. The van der Waals surface area contributed by atoms with E-state index in [4.69, 9.17) is 15.2 Å². The van der Waals surface area contributed by atoms with Gasteiger partial charge >= 0.3 is 5.97 Å². The molecule has 5 N–H and O–H groups in total. The Morgan fingerprint density at radius 2 is 2.10 bits per heavy atom. The molecule has 1 unspecified atom stereocenters. The number of nitrogens with zero attached hydrogens (tertiary/aromatic N) is 5. The molecular formula is C18H28N6O6. The maximum Gasteiger partial charge on any atom is 0.307 e. The van der Waals surface area contributed by atoms with Crippen molar-refractivity contribution in [1.29, 1.82) is 0 Å². The molecule has 0 aliphatic carbocycles. The van der Waals surface area contributed by atoms with Crippen LogP contribution in [0.25, 0.3) is 11.2 Å². The summed E-state index contributed by atoms with van der Waals surface area (Å²) in [6, 6.07) is 0. The highest BCUT2D eigenvalue weighted by Crippen LogP contribution is 2.35. The van der Waals surface area contributed by atoms with Gasteiger partial charge < -0.3 is 30.5 Å². The molecule has 1 saturated heterocycles. The predicted octanol–water partition coefficient (Wildman–Crippen LogP) is -1.21. The first-order valence-electron chi connectivity index (χ1n) is 9.82. The van der Waals surface area contributed by atoms with Crippen LogP contribution in [0.1, 0.15) is 32.3 Å². The van der Waals surface area contributed by atoms with Crippen molar-refractivity contribution in [2.24, 2.45) is 0 Å². The maximum absolute atomic E-state index is 11.6. The van der Waals surface area contributed by atoms with Crippen LogP contribution < -0.4 is 5.73 Å². The Morgan fingerprint density at radius 1 is 1.37 bits per heavy atom. The Hall–Kier alpha value is -2.38. The quantitative estimate of drug-likeness (QED) is 0.296. The minimum absolute atomic E-state index is 0.0680. The monoisotopic (exact) mass is 424 g/mol. The lowest BCUT2D eigenvalue weighted by Crippen LogP contribution is -2.47. The van der Waals surface area contributed by atoms with Crippen molar-refractivity contribution >= 4 is 23.0 Å². The first-order chi connectivity index (χ1) is 14.3. The summed E-state index contributed by atoms with van der Waals surface area (Å²) in [7, 11) is 1.58. The van der Waals surface area contributed by atoms with Crippen molar-refractivity contribution in [1.82, 2.24) is 24.4 Å². The fourth-order valence-electron chi connectivity index (χ4n) is 3.52. The summed E-state index contributed by atoms with van der Waals surface area (Å²) in [5, 5.41) is 31.9. The number of imidazole rings is 1. The van der Waals surface area contributed by atoms with Crippen molar-refractivity contribution in [3.8, 4) is 0 Å². The Bertz CT molecular complexity index is 891. The number of ether oxygens (including phenoxy) is 2. The minimum Gasteiger partial charge on any atom is -0.466 e. The van der Waals surface area contributed by atoms with Crippen molar-refractivity contribution in [2.45, 2.75) is 57.5 Å². The van der Waals surface area contributed by atoms with Crippen LogP contribution in [0, 0.1) is 0 Å². The molecule has 1 aliphatic heterocycles. The minimum atomic E-state index is -1.38. The third-order valence-corrected chi connectivity index (χ3v) is 5.14. The maximum atomic E-state index is 11.6. The summed E-state index contributed by atoms with van der Waals surface area (Å²) in [6.45, 7) is 4.04. The number of esters is 1. The fraction of sp³-hybridized carbons (Fsp3) is 0.667. The van der Waals surface area contributed by atoms with Crippen molar-refractivity contribution < 1.29 is 29.6 Å². The zero-order valence-corrected chi connectivity index (χ0v) is 17.2. The van der Waals surface area contributed by atoms with Crippen LogP contribution >= 0.6 is 0 Å². The van der Waals surface area contributed by atoms with Crippen molar-refractivity contribution in [2.75, 3.05) is 25.9 Å². The second-order valence-corrected chi connectivity index (χ2v) is 7.10. The number of fused-ring (bicyclic) bond motifs is 1. The number of nitrogen functional groups attached to an aromatic ring is 1. The number of nitrogens with two attached hydrogens (primary N) is 1. The first-order valence-corrected chi connectivity index (χ1v) is 9.82. The van der Waals surface area contributed by atoms with Gasteiger partial charge in [0.15, 0.2) is 23.2 Å². The molecule has 0 bridgehead atoms. The van der Waals surface area contributed by atoms with Gasteiger partial charge in [0.1, 0.15) is 36.7 Å². The molecule has 1 fully saturated rings. The number of aryl methyl sites for hydroxylation is 1. The second-order valence-electron chi connectivity index (χ2n) is 7.10. The Morgan fingerprint density at radius 3 is 2.77 bits per heavy atom. The highest BCUT2D eigenvalue weighted by Gasteiger charge is 2.48. The van der Waals surface area contributed by atoms with Gasteiger partial charge in [0.2, 0.25) is 0 Å². The molecule has 12 nitrogen and oxygen atoms in total. The van der Waals surface area contributed by atoms with Gasteiger partial charge in [0, 0.05) is 13.0 Å². The topological polar surface area (TPSA) is 169 Å². The van der Waals surface area contributed by atoms with E-state index in [-0.39, 0.29) is 25.4 Å². The molecule has 1 aliphatic rings. The van der Waals surface area contributed by atoms with Gasteiger partial charge in [-0.05, 0) is 14.0 Å². The Balaban J connectivity index is 1.81. The Labute approximate surface area is 173 Å². The molecule has 30 heavy (non-hydrogen) atoms. The molecule has 3 rings (SSSR count). The van der Waals surface area contributed by atoms with Crippen LogP contribution in [0.4, 0.5) is 5.82 Å². The first kappa shape index (κ1) is 22.3. The normalized spacial score (nSPS) is 25.2. The molecule has 12 heteroatoms. The average Bonchev–Trinajstić information content (AvgIpc) is 3.24. The lowest BCUT2D eigenvalue weighted by molar-refractivity contribution is -0.147. The van der Waals surface area contributed by atoms with Crippen LogP contribution in [0.15, 0.2) is 6.33 Å². The van der Waals surface area contributed by atoms with Gasteiger partial charge in [0.05, 0.1) is 13.0 Å². The largest absolute Gasteiger partial charge is 0.466 e. The predicted molar refractivity (Wildman–Crippen MR) is 105 cm³/mol. The van der Waals surface area contributed by atoms with Crippen LogP contribution in [0.3, 0.4) is 0 Å². The number of likely N-dealkylation sites (N-methyl/N-ethyl adjacent to an activating group) is 1. The summed E-state index contributed by atoms with van der Waals surface area (Å²) in [4.78, 5) is 25.6. The van der Waals surface area contributed by atoms with E-state index < -0.39 is 36.7 Å². The lowest BCUT2D eigenvalue weighted by atomic mass is 10.1. The molecule has 0 aromatic carbocycles. The van der Waals surface area contributed by atoms with E-state index in [2.05, 4.69) is 15.0 Å².